The lowest BCUT2D eigenvalue weighted by atomic mass is 10.2. The molecule has 0 saturated carbocycles. The molecule has 0 saturated heterocycles. The summed E-state index contributed by atoms with van der Waals surface area (Å²) in [5.74, 6) is 0. The van der Waals surface area contributed by atoms with E-state index >= 15 is 0 Å². The molecule has 0 aliphatic carbocycles. The summed E-state index contributed by atoms with van der Waals surface area (Å²) in [6, 6.07) is 6.19. The van der Waals surface area contributed by atoms with Gasteiger partial charge in [0.1, 0.15) is 0 Å². The first-order chi connectivity index (χ1) is 9.02. The SMILES string of the molecule is CCn1nc(C)c(Cl)c1CNc1cc(Br)ccc1C. The number of halogens is 2. The Bertz CT molecular complexity index is 593. The van der Waals surface area contributed by atoms with E-state index in [1.807, 2.05) is 17.7 Å². The Hall–Kier alpha value is -1.000. The third kappa shape index (κ3) is 3.12. The van der Waals surface area contributed by atoms with Crippen LogP contribution in [0.5, 0.6) is 0 Å². The smallest absolute Gasteiger partial charge is 0.0865 e. The molecule has 3 nitrogen and oxygen atoms in total. The zero-order valence-corrected chi connectivity index (χ0v) is 13.6. The molecule has 5 heteroatoms. The number of anilines is 1. The van der Waals surface area contributed by atoms with Crippen LogP contribution in [0.1, 0.15) is 23.9 Å². The van der Waals surface area contributed by atoms with E-state index in [1.165, 1.54) is 5.56 Å². The minimum Gasteiger partial charge on any atom is -0.379 e. The van der Waals surface area contributed by atoms with Gasteiger partial charge in [0, 0.05) is 16.7 Å². The van der Waals surface area contributed by atoms with Crippen LogP contribution in [0.3, 0.4) is 0 Å². The minimum atomic E-state index is 0.671. The number of nitrogens with zero attached hydrogens (tertiary/aromatic N) is 2. The summed E-state index contributed by atoms with van der Waals surface area (Å²) in [6.45, 7) is 7.57. The van der Waals surface area contributed by atoms with Gasteiger partial charge in [-0.05, 0) is 38.5 Å². The number of rotatable bonds is 4. The van der Waals surface area contributed by atoms with Crippen molar-refractivity contribution < 1.29 is 0 Å². The predicted octanol–water partition coefficient (Wildman–Crippen LogP) is 4.55. The van der Waals surface area contributed by atoms with Gasteiger partial charge < -0.3 is 5.32 Å². The highest BCUT2D eigenvalue weighted by molar-refractivity contribution is 9.10. The van der Waals surface area contributed by atoms with Crippen molar-refractivity contribution in [1.29, 1.82) is 0 Å². The Morgan fingerprint density at radius 1 is 1.37 bits per heavy atom. The number of nitrogens with one attached hydrogen (secondary N) is 1. The van der Waals surface area contributed by atoms with Gasteiger partial charge in [-0.1, -0.05) is 33.6 Å². The van der Waals surface area contributed by atoms with E-state index in [2.05, 4.69) is 52.3 Å². The Balaban J connectivity index is 2.21. The molecule has 2 aromatic rings. The molecule has 0 unspecified atom stereocenters. The number of hydrogen-bond acceptors (Lipinski definition) is 2. The third-order valence-corrected chi connectivity index (χ3v) is 4.08. The molecule has 0 fully saturated rings. The van der Waals surface area contributed by atoms with Crippen LogP contribution in [0.25, 0.3) is 0 Å². The largest absolute Gasteiger partial charge is 0.379 e. The van der Waals surface area contributed by atoms with Crippen LogP contribution in [0, 0.1) is 13.8 Å². The van der Waals surface area contributed by atoms with Crippen LogP contribution in [0.4, 0.5) is 5.69 Å². The number of hydrogen-bond donors (Lipinski definition) is 1. The molecule has 0 radical (unpaired) electrons. The third-order valence-electron chi connectivity index (χ3n) is 3.10. The van der Waals surface area contributed by atoms with Gasteiger partial charge in [0.2, 0.25) is 0 Å². The molecule has 1 aromatic heterocycles. The first-order valence-corrected chi connectivity index (χ1v) is 7.41. The van der Waals surface area contributed by atoms with Crippen LogP contribution < -0.4 is 5.32 Å². The van der Waals surface area contributed by atoms with Gasteiger partial charge in [-0.15, -0.1) is 0 Å². The minimum absolute atomic E-state index is 0.671. The van der Waals surface area contributed by atoms with Gasteiger partial charge in [-0.2, -0.15) is 5.10 Å². The van der Waals surface area contributed by atoms with E-state index in [0.717, 1.165) is 33.1 Å². The average Bonchev–Trinajstić information content (AvgIpc) is 2.66. The summed E-state index contributed by atoms with van der Waals surface area (Å²) in [4.78, 5) is 0. The summed E-state index contributed by atoms with van der Waals surface area (Å²) in [5, 5.41) is 8.59. The van der Waals surface area contributed by atoms with Crippen molar-refractivity contribution in [3.05, 3.63) is 44.6 Å². The van der Waals surface area contributed by atoms with E-state index < -0.39 is 0 Å². The number of benzene rings is 1. The van der Waals surface area contributed by atoms with Crippen molar-refractivity contribution in [2.24, 2.45) is 0 Å². The normalized spacial score (nSPS) is 10.8. The molecule has 1 heterocycles. The molecule has 0 aliphatic heterocycles. The molecule has 0 amide bonds. The molecule has 0 aliphatic rings. The molecular weight excluding hydrogens is 326 g/mol. The lowest BCUT2D eigenvalue weighted by Crippen LogP contribution is -2.09. The maximum absolute atomic E-state index is 6.30. The van der Waals surface area contributed by atoms with Gasteiger partial charge in [0.05, 0.1) is 23.0 Å². The van der Waals surface area contributed by atoms with Gasteiger partial charge in [0.15, 0.2) is 0 Å². The molecule has 0 spiro atoms. The lowest BCUT2D eigenvalue weighted by Gasteiger charge is -2.11. The highest BCUT2D eigenvalue weighted by Crippen LogP contribution is 2.24. The fourth-order valence-electron chi connectivity index (χ4n) is 2.00. The van der Waals surface area contributed by atoms with Gasteiger partial charge in [0.25, 0.3) is 0 Å². The highest BCUT2D eigenvalue weighted by atomic mass is 79.9. The molecule has 0 atom stereocenters. The van der Waals surface area contributed by atoms with E-state index in [4.69, 9.17) is 11.6 Å². The van der Waals surface area contributed by atoms with Crippen LogP contribution in [-0.4, -0.2) is 9.78 Å². The van der Waals surface area contributed by atoms with Crippen LogP contribution in [0.2, 0.25) is 5.02 Å². The van der Waals surface area contributed by atoms with Gasteiger partial charge in [-0.3, -0.25) is 4.68 Å². The monoisotopic (exact) mass is 341 g/mol. The first-order valence-electron chi connectivity index (χ1n) is 6.24. The zero-order chi connectivity index (χ0) is 14.0. The maximum atomic E-state index is 6.30. The quantitative estimate of drug-likeness (QED) is 0.883. The van der Waals surface area contributed by atoms with Crippen molar-refractivity contribution >= 4 is 33.2 Å². The van der Waals surface area contributed by atoms with E-state index in [9.17, 15) is 0 Å². The zero-order valence-electron chi connectivity index (χ0n) is 11.3. The van der Waals surface area contributed by atoms with Crippen LogP contribution in [0.15, 0.2) is 22.7 Å². The van der Waals surface area contributed by atoms with Crippen molar-refractivity contribution in [2.45, 2.75) is 33.9 Å². The fourth-order valence-corrected chi connectivity index (χ4v) is 2.56. The maximum Gasteiger partial charge on any atom is 0.0865 e. The Kier molecular flexibility index (Phi) is 4.53. The van der Waals surface area contributed by atoms with Crippen molar-refractivity contribution in [3.63, 3.8) is 0 Å². The Morgan fingerprint density at radius 2 is 2.11 bits per heavy atom. The average molecular weight is 343 g/mol. The summed E-state index contributed by atoms with van der Waals surface area (Å²) in [7, 11) is 0. The van der Waals surface area contributed by atoms with Crippen molar-refractivity contribution in [2.75, 3.05) is 5.32 Å². The second kappa shape index (κ2) is 5.97. The molecule has 19 heavy (non-hydrogen) atoms. The first kappa shape index (κ1) is 14.4. The lowest BCUT2D eigenvalue weighted by molar-refractivity contribution is 0.623. The van der Waals surface area contributed by atoms with Crippen LogP contribution in [-0.2, 0) is 13.1 Å². The molecule has 2 rings (SSSR count). The summed E-state index contributed by atoms with van der Waals surface area (Å²) in [6.07, 6.45) is 0. The molecule has 1 aromatic carbocycles. The summed E-state index contributed by atoms with van der Waals surface area (Å²) < 4.78 is 3.00. The number of aromatic nitrogens is 2. The van der Waals surface area contributed by atoms with E-state index in [0.29, 0.717) is 6.54 Å². The molecule has 1 N–H and O–H groups in total. The number of aryl methyl sites for hydroxylation is 3. The highest BCUT2D eigenvalue weighted by Gasteiger charge is 2.12. The predicted molar refractivity (Wildman–Crippen MR) is 83.9 cm³/mol. The Morgan fingerprint density at radius 3 is 2.79 bits per heavy atom. The topological polar surface area (TPSA) is 29.9 Å². The standard InChI is InChI=1S/C14H17BrClN3/c1-4-19-13(14(16)10(3)18-19)8-17-12-7-11(15)6-5-9(12)2/h5-7,17H,4,8H2,1-3H3. The molecule has 0 bridgehead atoms. The second-order valence-corrected chi connectivity index (χ2v) is 5.77. The Labute approximate surface area is 127 Å². The van der Waals surface area contributed by atoms with Crippen molar-refractivity contribution in [1.82, 2.24) is 9.78 Å². The summed E-state index contributed by atoms with van der Waals surface area (Å²) in [5.41, 5.74) is 4.22. The van der Waals surface area contributed by atoms with E-state index in [1.54, 1.807) is 0 Å². The molecule has 102 valence electrons. The van der Waals surface area contributed by atoms with E-state index in [-0.39, 0.29) is 0 Å². The second-order valence-electron chi connectivity index (χ2n) is 4.47. The van der Waals surface area contributed by atoms with Gasteiger partial charge in [-0.25, -0.2) is 0 Å². The van der Waals surface area contributed by atoms with Crippen LogP contribution >= 0.6 is 27.5 Å². The summed E-state index contributed by atoms with van der Waals surface area (Å²) >= 11 is 9.78. The fraction of sp³-hybridized carbons (Fsp3) is 0.357. The molecular formula is C14H17BrClN3. The van der Waals surface area contributed by atoms with Gasteiger partial charge >= 0.3 is 0 Å². The van der Waals surface area contributed by atoms with Crippen molar-refractivity contribution in [3.8, 4) is 0 Å².